The van der Waals surface area contributed by atoms with Gasteiger partial charge in [0.1, 0.15) is 6.54 Å². The lowest BCUT2D eigenvalue weighted by molar-refractivity contribution is -0.885. The Morgan fingerprint density at radius 3 is 2.73 bits per heavy atom. The summed E-state index contributed by atoms with van der Waals surface area (Å²) in [5.41, 5.74) is 2.18. The Hall–Kier alpha value is -3.06. The lowest BCUT2D eigenvalue weighted by Crippen LogP contribution is -3.08. The number of rotatable bonds is 6. The Balaban J connectivity index is 1.55. The molecule has 0 aromatic heterocycles. The maximum atomic E-state index is 12.3. The zero-order chi connectivity index (χ0) is 18.5. The van der Waals surface area contributed by atoms with Gasteiger partial charge >= 0.3 is 0 Å². The summed E-state index contributed by atoms with van der Waals surface area (Å²) in [6.07, 6.45) is 0. The lowest BCUT2D eigenvalue weighted by Gasteiger charge is -2.14. The number of amides is 2. The molecule has 1 unspecified atom stereocenters. The van der Waals surface area contributed by atoms with Crippen molar-refractivity contribution in [2.45, 2.75) is 6.54 Å². The van der Waals surface area contributed by atoms with E-state index in [0.717, 1.165) is 22.0 Å². The van der Waals surface area contributed by atoms with Gasteiger partial charge < -0.3 is 25.0 Å². The van der Waals surface area contributed by atoms with E-state index in [2.05, 4.69) is 10.6 Å². The van der Waals surface area contributed by atoms with Gasteiger partial charge in [0, 0.05) is 23.9 Å². The molecule has 2 aromatic rings. The summed E-state index contributed by atoms with van der Waals surface area (Å²) >= 11 is 0. The van der Waals surface area contributed by atoms with Crippen molar-refractivity contribution in [2.75, 3.05) is 32.7 Å². The van der Waals surface area contributed by atoms with Crippen molar-refractivity contribution in [3.63, 3.8) is 0 Å². The van der Waals surface area contributed by atoms with Gasteiger partial charge in [-0.25, -0.2) is 0 Å². The third-order valence-electron chi connectivity index (χ3n) is 4.04. The highest BCUT2D eigenvalue weighted by atomic mass is 16.7. The van der Waals surface area contributed by atoms with E-state index in [4.69, 9.17) is 9.47 Å². The second-order valence-electron chi connectivity index (χ2n) is 6.21. The number of carbonyl (C=O) groups excluding carboxylic acids is 2. The highest BCUT2D eigenvalue weighted by Crippen LogP contribution is 2.32. The van der Waals surface area contributed by atoms with Crippen LogP contribution in [0.4, 0.5) is 5.69 Å². The second-order valence-corrected chi connectivity index (χ2v) is 6.21. The lowest BCUT2D eigenvalue weighted by atomic mass is 10.2. The van der Waals surface area contributed by atoms with E-state index in [-0.39, 0.29) is 18.6 Å². The van der Waals surface area contributed by atoms with Crippen LogP contribution in [0.2, 0.25) is 0 Å². The standard InChI is InChI=1S/C19H21N3O4/c1-20-19(24)14-4-3-5-15(9-14)21-18(23)11-22(2)10-13-6-7-16-17(8-13)26-12-25-16/h3-9H,10-12H2,1-2H3,(H,20,24)(H,21,23)/p+1. The van der Waals surface area contributed by atoms with E-state index in [0.29, 0.717) is 24.3 Å². The molecule has 7 heteroatoms. The molecule has 2 amide bonds. The summed E-state index contributed by atoms with van der Waals surface area (Å²) in [5.74, 6) is 1.19. The molecule has 1 aliphatic rings. The van der Waals surface area contributed by atoms with Gasteiger partial charge in [0.25, 0.3) is 11.8 Å². The summed E-state index contributed by atoms with van der Waals surface area (Å²) < 4.78 is 10.7. The smallest absolute Gasteiger partial charge is 0.279 e. The van der Waals surface area contributed by atoms with E-state index in [9.17, 15) is 9.59 Å². The molecular weight excluding hydrogens is 334 g/mol. The molecule has 0 saturated carbocycles. The number of anilines is 1. The maximum absolute atomic E-state index is 12.3. The summed E-state index contributed by atoms with van der Waals surface area (Å²) in [5, 5.41) is 5.40. The molecule has 26 heavy (non-hydrogen) atoms. The molecule has 7 nitrogen and oxygen atoms in total. The third-order valence-corrected chi connectivity index (χ3v) is 4.04. The van der Waals surface area contributed by atoms with Crippen molar-refractivity contribution >= 4 is 17.5 Å². The number of quaternary nitrogens is 1. The molecule has 0 bridgehead atoms. The fraction of sp³-hybridized carbons (Fsp3) is 0.263. The Labute approximate surface area is 151 Å². The molecule has 0 saturated heterocycles. The highest BCUT2D eigenvalue weighted by molar-refractivity contribution is 5.97. The van der Waals surface area contributed by atoms with Gasteiger partial charge in [-0.05, 0) is 36.4 Å². The molecule has 0 radical (unpaired) electrons. The third kappa shape index (κ3) is 4.31. The highest BCUT2D eigenvalue weighted by Gasteiger charge is 2.16. The van der Waals surface area contributed by atoms with Crippen molar-refractivity contribution in [1.29, 1.82) is 0 Å². The molecule has 1 aliphatic heterocycles. The van der Waals surface area contributed by atoms with Crippen LogP contribution in [0.3, 0.4) is 0 Å². The average Bonchev–Trinajstić information content (AvgIpc) is 3.08. The number of hydrogen-bond donors (Lipinski definition) is 3. The molecular formula is C19H22N3O4+. The van der Waals surface area contributed by atoms with E-state index in [1.807, 2.05) is 25.2 Å². The summed E-state index contributed by atoms with van der Waals surface area (Å²) in [6, 6.07) is 12.7. The molecule has 1 atom stereocenters. The number of ether oxygens (including phenoxy) is 2. The summed E-state index contributed by atoms with van der Waals surface area (Å²) in [7, 11) is 3.52. The molecule has 3 N–H and O–H groups in total. The van der Waals surface area contributed by atoms with Crippen LogP contribution < -0.4 is 25.0 Å². The number of carbonyl (C=O) groups is 2. The second kappa shape index (κ2) is 7.88. The molecule has 136 valence electrons. The van der Waals surface area contributed by atoms with Gasteiger partial charge in [-0.3, -0.25) is 9.59 Å². The zero-order valence-electron chi connectivity index (χ0n) is 14.8. The van der Waals surface area contributed by atoms with E-state index >= 15 is 0 Å². The van der Waals surface area contributed by atoms with Crippen LogP contribution in [0, 0.1) is 0 Å². The molecule has 0 spiro atoms. The molecule has 3 rings (SSSR count). The number of likely N-dealkylation sites (N-methyl/N-ethyl adjacent to an activating group) is 1. The summed E-state index contributed by atoms with van der Waals surface area (Å²) in [4.78, 5) is 25.0. The largest absolute Gasteiger partial charge is 0.454 e. The zero-order valence-corrected chi connectivity index (χ0v) is 14.8. The predicted octanol–water partition coefficient (Wildman–Crippen LogP) is 0.428. The topological polar surface area (TPSA) is 81.1 Å². The Morgan fingerprint density at radius 2 is 1.92 bits per heavy atom. The van der Waals surface area contributed by atoms with E-state index in [1.165, 1.54) is 0 Å². The number of benzene rings is 2. The van der Waals surface area contributed by atoms with Crippen molar-refractivity contribution in [3.05, 3.63) is 53.6 Å². The van der Waals surface area contributed by atoms with Crippen LogP contribution in [0.5, 0.6) is 11.5 Å². The molecule has 2 aromatic carbocycles. The van der Waals surface area contributed by atoms with Crippen molar-refractivity contribution in [2.24, 2.45) is 0 Å². The number of fused-ring (bicyclic) bond motifs is 1. The Morgan fingerprint density at radius 1 is 1.12 bits per heavy atom. The minimum Gasteiger partial charge on any atom is -0.454 e. The van der Waals surface area contributed by atoms with Gasteiger partial charge in [-0.1, -0.05) is 6.07 Å². The van der Waals surface area contributed by atoms with Crippen LogP contribution in [0.1, 0.15) is 15.9 Å². The minimum atomic E-state index is -0.188. The van der Waals surface area contributed by atoms with Gasteiger partial charge in [-0.2, -0.15) is 0 Å². The first-order chi connectivity index (χ1) is 12.5. The van der Waals surface area contributed by atoms with Gasteiger partial charge in [0.2, 0.25) is 6.79 Å². The van der Waals surface area contributed by atoms with E-state index < -0.39 is 0 Å². The quantitative estimate of drug-likeness (QED) is 0.701. The van der Waals surface area contributed by atoms with Gasteiger partial charge in [-0.15, -0.1) is 0 Å². The summed E-state index contributed by atoms with van der Waals surface area (Å²) in [6.45, 7) is 1.24. The number of nitrogens with one attached hydrogen (secondary N) is 3. The molecule has 0 aliphatic carbocycles. The SMILES string of the molecule is CNC(=O)c1cccc(NC(=O)C[NH+](C)Cc2ccc3c(c2)OCO3)c1. The van der Waals surface area contributed by atoms with Gasteiger partial charge in [0.15, 0.2) is 18.0 Å². The first-order valence-electron chi connectivity index (χ1n) is 8.37. The Kier molecular flexibility index (Phi) is 5.38. The van der Waals surface area contributed by atoms with Crippen LogP contribution in [0.25, 0.3) is 0 Å². The fourth-order valence-corrected chi connectivity index (χ4v) is 2.82. The van der Waals surface area contributed by atoms with E-state index in [1.54, 1.807) is 31.3 Å². The fourth-order valence-electron chi connectivity index (χ4n) is 2.82. The van der Waals surface area contributed by atoms with Crippen LogP contribution in [-0.4, -0.2) is 39.2 Å². The van der Waals surface area contributed by atoms with Crippen LogP contribution >= 0.6 is 0 Å². The monoisotopic (exact) mass is 356 g/mol. The molecule has 0 fully saturated rings. The predicted molar refractivity (Wildman–Crippen MR) is 96.5 cm³/mol. The average molecular weight is 356 g/mol. The minimum absolute atomic E-state index is 0.114. The first-order valence-corrected chi connectivity index (χ1v) is 8.37. The van der Waals surface area contributed by atoms with Crippen molar-refractivity contribution < 1.29 is 24.0 Å². The Bertz CT molecular complexity index is 822. The van der Waals surface area contributed by atoms with Crippen molar-refractivity contribution in [1.82, 2.24) is 5.32 Å². The normalized spacial score (nSPS) is 13.2. The number of hydrogen-bond acceptors (Lipinski definition) is 4. The van der Waals surface area contributed by atoms with Crippen LogP contribution in [-0.2, 0) is 11.3 Å². The van der Waals surface area contributed by atoms with Crippen molar-refractivity contribution in [3.8, 4) is 11.5 Å². The maximum Gasteiger partial charge on any atom is 0.279 e. The molecule has 1 heterocycles. The first kappa shape index (κ1) is 17.8. The van der Waals surface area contributed by atoms with Gasteiger partial charge in [0.05, 0.1) is 7.05 Å². The van der Waals surface area contributed by atoms with Crippen LogP contribution in [0.15, 0.2) is 42.5 Å².